The van der Waals surface area contributed by atoms with E-state index in [-0.39, 0.29) is 7.18 Å². The molecule has 0 heterocycles. The Morgan fingerprint density at radius 1 is 0.742 bits per heavy atom. The molecule has 0 radical (unpaired) electrons. The number of ether oxygens (including phenoxy) is 3. The predicted molar refractivity (Wildman–Crippen MR) is 149 cm³/mol. The first-order valence-corrected chi connectivity index (χ1v) is 13.9. The average molecular weight is 760 g/mol. The van der Waals surface area contributed by atoms with Crippen molar-refractivity contribution in [1.29, 1.82) is 0 Å². The van der Waals surface area contributed by atoms with E-state index in [4.69, 9.17) is 14.2 Å². The van der Waals surface area contributed by atoms with Gasteiger partial charge < -0.3 is 19.3 Å². The van der Waals surface area contributed by atoms with Crippen LogP contribution in [0.4, 0.5) is 0 Å². The van der Waals surface area contributed by atoms with Crippen molar-refractivity contribution < 1.29 is 20.7 Å². The van der Waals surface area contributed by atoms with Crippen LogP contribution < -0.4 is 4.74 Å². The third kappa shape index (κ3) is 14.3. The smallest absolute Gasteiger partial charge is 0.147 e. The summed E-state index contributed by atoms with van der Waals surface area (Å²) in [4.78, 5) is 0. The predicted octanol–water partition coefficient (Wildman–Crippen LogP) is 8.82. The Morgan fingerprint density at radius 2 is 1.16 bits per heavy atom. The molecular formula is C22H31Br5O4. The van der Waals surface area contributed by atoms with Crippen molar-refractivity contribution in [2.24, 2.45) is 0 Å². The summed E-state index contributed by atoms with van der Waals surface area (Å²) in [6.45, 7) is 11.5. The zero-order valence-electron chi connectivity index (χ0n) is 18.1. The molecule has 178 valence electrons. The Morgan fingerprint density at radius 3 is 1.55 bits per heavy atom. The third-order valence-corrected chi connectivity index (χ3v) is 6.12. The fraction of sp³-hybridized carbons (Fsp3) is 0.455. The van der Waals surface area contributed by atoms with Gasteiger partial charge in [0.1, 0.15) is 18.1 Å². The third-order valence-electron chi connectivity index (χ3n) is 3.41. The summed E-state index contributed by atoms with van der Waals surface area (Å²) >= 11 is 16.6. The van der Waals surface area contributed by atoms with Gasteiger partial charge in [0, 0.05) is 20.0 Å². The molecule has 9 heteroatoms. The first kappa shape index (κ1) is 31.4. The van der Waals surface area contributed by atoms with Crippen molar-refractivity contribution in [3.05, 3.63) is 53.3 Å². The van der Waals surface area contributed by atoms with Crippen LogP contribution in [0.25, 0.3) is 0 Å². The number of phenols is 1. The van der Waals surface area contributed by atoms with Gasteiger partial charge >= 0.3 is 0 Å². The number of alkyl halides is 1. The maximum atomic E-state index is 9.24. The summed E-state index contributed by atoms with van der Waals surface area (Å²) in [5, 5.41) is 10.2. The highest BCUT2D eigenvalue weighted by Gasteiger charge is 2.07. The molecular weight excluding hydrogens is 728 g/mol. The summed E-state index contributed by atoms with van der Waals surface area (Å²) in [6.07, 6.45) is 0. The summed E-state index contributed by atoms with van der Waals surface area (Å²) < 4.78 is 19.1. The number of hydrogen-bond acceptors (Lipinski definition) is 4. The zero-order chi connectivity index (χ0) is 23.8. The van der Waals surface area contributed by atoms with Gasteiger partial charge in [-0.1, -0.05) is 15.9 Å². The summed E-state index contributed by atoms with van der Waals surface area (Å²) in [5.74, 6) is 1.09. The van der Waals surface area contributed by atoms with E-state index in [1.807, 2.05) is 52.0 Å². The van der Waals surface area contributed by atoms with Crippen LogP contribution in [0.2, 0.25) is 0 Å². The minimum Gasteiger partial charge on any atom is -0.506 e. The van der Waals surface area contributed by atoms with E-state index < -0.39 is 0 Å². The van der Waals surface area contributed by atoms with Crippen LogP contribution in [-0.4, -0.2) is 43.5 Å². The first-order chi connectivity index (χ1) is 14.7. The molecule has 0 saturated heterocycles. The second-order valence-electron chi connectivity index (χ2n) is 6.07. The second kappa shape index (κ2) is 18.7. The van der Waals surface area contributed by atoms with Crippen LogP contribution in [-0.2, 0) is 9.47 Å². The molecule has 0 aliphatic rings. The van der Waals surface area contributed by atoms with Gasteiger partial charge in [0.15, 0.2) is 0 Å². The second-order valence-corrected chi connectivity index (χ2v) is 10.3. The standard InChI is InChI=1S/C11H14Br2O2.C7H6Br2O.C4H9BrO.H2/c1-3-14-4-5-15-11-9(12)6-8(2)7-10(11)13;1-4-2-5(8)7(10)6(9)3-4;1-2-6-4-3-5;/h6-7H,3-5H2,1-2H3;2-3,10H,1H3;2-4H2,1H3;1H/i;;;1+1. The fourth-order valence-electron chi connectivity index (χ4n) is 2.06. The van der Waals surface area contributed by atoms with E-state index in [0.717, 1.165) is 54.4 Å². The number of rotatable bonds is 8. The van der Waals surface area contributed by atoms with Crippen LogP contribution in [0.5, 0.6) is 11.5 Å². The Hall–Kier alpha value is 0.360. The highest BCUT2D eigenvalue weighted by atomic mass is 79.9. The maximum absolute atomic E-state index is 9.24. The van der Waals surface area contributed by atoms with E-state index >= 15 is 0 Å². The minimum absolute atomic E-state index is 0. The summed E-state index contributed by atoms with van der Waals surface area (Å²) in [6, 6.07) is 7.78. The molecule has 0 aliphatic heterocycles. The van der Waals surface area contributed by atoms with Crippen molar-refractivity contribution >= 4 is 79.6 Å². The Labute approximate surface area is 229 Å². The SMILES string of the molecule is CCOCCBr.CCOCCOc1c(Br)cc(C)cc1Br.Cc1cc(Br)c(O)c(Br)c1.[2HH]. The highest BCUT2D eigenvalue weighted by molar-refractivity contribution is 9.11. The van der Waals surface area contributed by atoms with E-state index in [1.165, 1.54) is 5.56 Å². The van der Waals surface area contributed by atoms with Gasteiger partial charge in [-0.05, 0) is 127 Å². The molecule has 0 aliphatic carbocycles. The lowest BCUT2D eigenvalue weighted by atomic mass is 10.2. The largest absolute Gasteiger partial charge is 0.506 e. The van der Waals surface area contributed by atoms with Gasteiger partial charge in [0.25, 0.3) is 0 Å². The highest BCUT2D eigenvalue weighted by Crippen LogP contribution is 2.34. The van der Waals surface area contributed by atoms with Crippen LogP contribution in [0.3, 0.4) is 0 Å². The number of phenolic OH excluding ortho intramolecular Hbond substituents is 1. The van der Waals surface area contributed by atoms with Crippen LogP contribution in [0, 0.1) is 13.8 Å². The number of hydrogen-bond donors (Lipinski definition) is 1. The molecule has 0 spiro atoms. The van der Waals surface area contributed by atoms with Gasteiger partial charge in [-0.3, -0.25) is 0 Å². The quantitative estimate of drug-likeness (QED) is 0.216. The Bertz CT molecular complexity index is 728. The zero-order valence-corrected chi connectivity index (χ0v) is 26.0. The molecule has 2 aromatic rings. The van der Waals surface area contributed by atoms with Gasteiger partial charge in [-0.2, -0.15) is 0 Å². The van der Waals surface area contributed by atoms with Crippen molar-refractivity contribution in [2.75, 3.05) is 38.4 Å². The monoisotopic (exact) mass is 755 g/mol. The van der Waals surface area contributed by atoms with Crippen molar-refractivity contribution in [3.63, 3.8) is 0 Å². The Kier molecular flexibility index (Phi) is 19.0. The minimum atomic E-state index is 0. The van der Waals surface area contributed by atoms with E-state index in [0.29, 0.717) is 13.2 Å². The molecule has 2 aromatic carbocycles. The van der Waals surface area contributed by atoms with Crippen molar-refractivity contribution in [2.45, 2.75) is 27.7 Å². The number of halogens is 5. The van der Waals surface area contributed by atoms with Crippen LogP contribution in [0.15, 0.2) is 42.2 Å². The lowest BCUT2D eigenvalue weighted by Gasteiger charge is -2.11. The lowest BCUT2D eigenvalue weighted by molar-refractivity contribution is 0.109. The summed E-state index contributed by atoms with van der Waals surface area (Å²) in [7, 11) is 0. The fourth-order valence-corrected chi connectivity index (χ4v) is 5.35. The average Bonchev–Trinajstić information content (AvgIpc) is 2.70. The van der Waals surface area contributed by atoms with Gasteiger partial charge in [-0.25, -0.2) is 0 Å². The molecule has 0 fully saturated rings. The van der Waals surface area contributed by atoms with Gasteiger partial charge in [-0.15, -0.1) is 0 Å². The molecule has 2 rings (SSSR count). The molecule has 1 N–H and O–H groups in total. The topological polar surface area (TPSA) is 47.9 Å². The van der Waals surface area contributed by atoms with E-state index in [1.54, 1.807) is 0 Å². The number of aromatic hydroxyl groups is 1. The normalized spacial score (nSPS) is 9.97. The maximum Gasteiger partial charge on any atom is 0.147 e. The lowest BCUT2D eigenvalue weighted by Crippen LogP contribution is -2.07. The van der Waals surface area contributed by atoms with Crippen molar-refractivity contribution in [3.8, 4) is 11.5 Å². The summed E-state index contributed by atoms with van der Waals surface area (Å²) in [5.41, 5.74) is 2.29. The van der Waals surface area contributed by atoms with Crippen LogP contribution >= 0.6 is 79.6 Å². The van der Waals surface area contributed by atoms with E-state index in [9.17, 15) is 5.11 Å². The molecule has 0 atom stereocenters. The molecule has 0 amide bonds. The first-order valence-electron chi connectivity index (χ1n) is 9.62. The molecule has 0 bridgehead atoms. The molecule has 0 saturated carbocycles. The molecule has 4 nitrogen and oxygen atoms in total. The van der Waals surface area contributed by atoms with Crippen molar-refractivity contribution in [1.82, 2.24) is 0 Å². The number of benzene rings is 2. The van der Waals surface area contributed by atoms with Gasteiger partial charge in [0.05, 0.1) is 31.1 Å². The van der Waals surface area contributed by atoms with Crippen LogP contribution in [0.1, 0.15) is 26.4 Å². The molecule has 31 heavy (non-hydrogen) atoms. The number of aryl methyl sites for hydroxylation is 2. The Balaban J connectivity index is 0. The molecule has 0 unspecified atom stereocenters. The molecule has 0 aromatic heterocycles. The van der Waals surface area contributed by atoms with E-state index in [2.05, 4.69) is 79.6 Å². The van der Waals surface area contributed by atoms with Gasteiger partial charge in [0.2, 0.25) is 0 Å².